The van der Waals surface area contributed by atoms with Crippen LogP contribution in [0.15, 0.2) is 15.7 Å². The zero-order valence-corrected chi connectivity index (χ0v) is 13.5. The van der Waals surface area contributed by atoms with Crippen LogP contribution in [-0.2, 0) is 16.6 Å². The molecule has 0 aromatic carbocycles. The van der Waals surface area contributed by atoms with Crippen molar-refractivity contribution in [3.63, 3.8) is 0 Å². The summed E-state index contributed by atoms with van der Waals surface area (Å²) in [4.78, 5) is 0. The van der Waals surface area contributed by atoms with E-state index in [9.17, 15) is 8.42 Å². The molecule has 0 saturated carbocycles. The van der Waals surface area contributed by atoms with Gasteiger partial charge in [0.15, 0.2) is 0 Å². The molecular weight excluding hydrogens is 300 g/mol. The van der Waals surface area contributed by atoms with Gasteiger partial charge < -0.3 is 5.32 Å². The second-order valence-corrected chi connectivity index (χ2v) is 8.63. The molecule has 0 bridgehead atoms. The first kappa shape index (κ1) is 15.3. The highest BCUT2D eigenvalue weighted by Crippen LogP contribution is 2.23. The average molecular weight is 321 g/mol. The number of sulfonamides is 1. The Labute approximate surface area is 123 Å². The lowest BCUT2D eigenvalue weighted by atomic mass is 10.3. The smallest absolute Gasteiger partial charge is 0.250 e. The van der Waals surface area contributed by atoms with Crippen molar-refractivity contribution in [1.29, 1.82) is 0 Å². The van der Waals surface area contributed by atoms with E-state index in [4.69, 9.17) is 0 Å². The van der Waals surface area contributed by atoms with Gasteiger partial charge >= 0.3 is 0 Å². The van der Waals surface area contributed by atoms with E-state index in [1.807, 2.05) is 5.38 Å². The largest absolute Gasteiger partial charge is 0.313 e. The van der Waals surface area contributed by atoms with Crippen LogP contribution in [0.3, 0.4) is 0 Å². The molecule has 1 fully saturated rings. The Balaban J connectivity index is 1.95. The molecule has 1 aromatic rings. The number of rotatable bonds is 7. The van der Waals surface area contributed by atoms with Crippen LogP contribution >= 0.6 is 23.1 Å². The molecule has 0 spiro atoms. The Morgan fingerprint density at radius 1 is 1.47 bits per heavy atom. The average Bonchev–Trinajstić information content (AvgIpc) is 3.00. The van der Waals surface area contributed by atoms with Crippen molar-refractivity contribution in [2.24, 2.45) is 0 Å². The zero-order valence-electron chi connectivity index (χ0n) is 11.0. The Kier molecular flexibility index (Phi) is 5.70. The molecule has 1 unspecified atom stereocenters. The normalized spacial score (nSPS) is 19.9. The van der Waals surface area contributed by atoms with E-state index in [2.05, 4.69) is 17.0 Å². The maximum Gasteiger partial charge on any atom is 0.250 e. The SMILES string of the molecule is CCCNCc1csc(S(=O)(=O)NC2CCSC2)c1. The lowest BCUT2D eigenvalue weighted by Crippen LogP contribution is -2.34. The van der Waals surface area contributed by atoms with Gasteiger partial charge in [-0.1, -0.05) is 6.92 Å². The summed E-state index contributed by atoms with van der Waals surface area (Å²) in [6, 6.07) is 1.87. The summed E-state index contributed by atoms with van der Waals surface area (Å²) >= 11 is 3.10. The van der Waals surface area contributed by atoms with Gasteiger partial charge in [0.1, 0.15) is 4.21 Å². The molecular formula is C12H20N2O2S3. The molecule has 7 heteroatoms. The lowest BCUT2D eigenvalue weighted by Gasteiger charge is -2.10. The third kappa shape index (κ3) is 4.46. The van der Waals surface area contributed by atoms with Crippen LogP contribution in [0, 0.1) is 0 Å². The van der Waals surface area contributed by atoms with Gasteiger partial charge in [0.25, 0.3) is 0 Å². The molecule has 0 radical (unpaired) electrons. The minimum absolute atomic E-state index is 0.0961. The molecule has 19 heavy (non-hydrogen) atoms. The molecule has 1 atom stereocenters. The first-order chi connectivity index (χ1) is 9.12. The summed E-state index contributed by atoms with van der Waals surface area (Å²) in [5.41, 5.74) is 1.04. The number of hydrogen-bond donors (Lipinski definition) is 2. The molecule has 108 valence electrons. The van der Waals surface area contributed by atoms with Gasteiger partial charge in [0.2, 0.25) is 10.0 Å². The zero-order chi connectivity index (χ0) is 13.7. The minimum atomic E-state index is -3.33. The fourth-order valence-corrected chi connectivity index (χ4v) is 5.66. The van der Waals surface area contributed by atoms with Crippen molar-refractivity contribution in [1.82, 2.24) is 10.0 Å². The van der Waals surface area contributed by atoms with E-state index in [1.54, 1.807) is 17.8 Å². The molecule has 2 rings (SSSR count). The fourth-order valence-electron chi connectivity index (χ4n) is 1.90. The van der Waals surface area contributed by atoms with Crippen LogP contribution in [0.4, 0.5) is 0 Å². The Morgan fingerprint density at radius 3 is 3.00 bits per heavy atom. The first-order valence-corrected chi connectivity index (χ1v) is 10.0. The molecule has 1 saturated heterocycles. The predicted octanol–water partition coefficient (Wildman–Crippen LogP) is 2.03. The molecule has 4 nitrogen and oxygen atoms in total. The van der Waals surface area contributed by atoms with E-state index in [-0.39, 0.29) is 6.04 Å². The van der Waals surface area contributed by atoms with Crippen molar-refractivity contribution in [3.05, 3.63) is 17.0 Å². The summed E-state index contributed by atoms with van der Waals surface area (Å²) in [5, 5.41) is 5.19. The Morgan fingerprint density at radius 2 is 2.32 bits per heavy atom. The third-order valence-electron chi connectivity index (χ3n) is 2.90. The van der Waals surface area contributed by atoms with E-state index in [0.29, 0.717) is 4.21 Å². The second-order valence-electron chi connectivity index (χ2n) is 4.63. The van der Waals surface area contributed by atoms with Gasteiger partial charge in [-0.2, -0.15) is 11.8 Å². The van der Waals surface area contributed by atoms with Gasteiger partial charge in [0, 0.05) is 18.3 Å². The molecule has 1 aliphatic rings. The van der Waals surface area contributed by atoms with Crippen molar-refractivity contribution >= 4 is 33.1 Å². The van der Waals surface area contributed by atoms with Crippen molar-refractivity contribution in [2.45, 2.75) is 36.6 Å². The van der Waals surface area contributed by atoms with Gasteiger partial charge in [-0.3, -0.25) is 0 Å². The molecule has 0 amide bonds. The monoisotopic (exact) mass is 320 g/mol. The van der Waals surface area contributed by atoms with Gasteiger partial charge in [-0.15, -0.1) is 11.3 Å². The minimum Gasteiger partial charge on any atom is -0.313 e. The summed E-state index contributed by atoms with van der Waals surface area (Å²) < 4.78 is 27.6. The first-order valence-electron chi connectivity index (χ1n) is 6.50. The molecule has 1 aromatic heterocycles. The molecule has 1 aliphatic heterocycles. The highest BCUT2D eigenvalue weighted by molar-refractivity contribution is 7.99. The van der Waals surface area contributed by atoms with Crippen LogP contribution in [0.5, 0.6) is 0 Å². The van der Waals surface area contributed by atoms with Crippen LogP contribution in [0.25, 0.3) is 0 Å². The van der Waals surface area contributed by atoms with Crippen LogP contribution in [-0.4, -0.2) is 32.5 Å². The standard InChI is InChI=1S/C12H20N2O2S3/c1-2-4-13-7-10-6-12(18-8-10)19(15,16)14-11-3-5-17-9-11/h6,8,11,13-14H,2-5,7,9H2,1H3. The quantitative estimate of drug-likeness (QED) is 0.755. The number of nitrogens with one attached hydrogen (secondary N) is 2. The summed E-state index contributed by atoms with van der Waals surface area (Å²) in [6.45, 7) is 3.80. The summed E-state index contributed by atoms with van der Waals surface area (Å²) in [6.07, 6.45) is 2.01. The van der Waals surface area contributed by atoms with E-state index in [0.717, 1.165) is 43.0 Å². The topological polar surface area (TPSA) is 58.2 Å². The van der Waals surface area contributed by atoms with Gasteiger partial charge in [-0.05, 0) is 42.1 Å². The van der Waals surface area contributed by atoms with Crippen molar-refractivity contribution < 1.29 is 8.42 Å². The van der Waals surface area contributed by atoms with Crippen LogP contribution in [0.1, 0.15) is 25.3 Å². The van der Waals surface area contributed by atoms with Gasteiger partial charge in [-0.25, -0.2) is 13.1 Å². The fraction of sp³-hybridized carbons (Fsp3) is 0.667. The van der Waals surface area contributed by atoms with Gasteiger partial charge in [0.05, 0.1) is 0 Å². The van der Waals surface area contributed by atoms with Crippen LogP contribution < -0.4 is 10.0 Å². The summed E-state index contributed by atoms with van der Waals surface area (Å²) in [5.74, 6) is 1.93. The molecule has 2 N–H and O–H groups in total. The number of thiophene rings is 1. The maximum absolute atomic E-state index is 12.2. The lowest BCUT2D eigenvalue weighted by molar-refractivity contribution is 0.565. The summed E-state index contributed by atoms with van der Waals surface area (Å²) in [7, 11) is -3.33. The highest BCUT2D eigenvalue weighted by Gasteiger charge is 2.24. The second kappa shape index (κ2) is 7.08. The van der Waals surface area contributed by atoms with Crippen LogP contribution in [0.2, 0.25) is 0 Å². The van der Waals surface area contributed by atoms with Crippen molar-refractivity contribution in [2.75, 3.05) is 18.1 Å². The number of hydrogen-bond acceptors (Lipinski definition) is 5. The highest BCUT2D eigenvalue weighted by atomic mass is 32.2. The van der Waals surface area contributed by atoms with E-state index >= 15 is 0 Å². The maximum atomic E-state index is 12.2. The number of thioether (sulfide) groups is 1. The molecule has 2 heterocycles. The Hall–Kier alpha value is -0.0800. The Bertz CT molecular complexity index is 493. The third-order valence-corrected chi connectivity index (χ3v) is 7.07. The predicted molar refractivity (Wildman–Crippen MR) is 82.4 cm³/mol. The van der Waals surface area contributed by atoms with Crippen molar-refractivity contribution in [3.8, 4) is 0 Å². The van der Waals surface area contributed by atoms with E-state index in [1.165, 1.54) is 11.3 Å². The molecule has 0 aliphatic carbocycles. The van der Waals surface area contributed by atoms with E-state index < -0.39 is 10.0 Å².